The normalized spacial score (nSPS) is 10.9. The summed E-state index contributed by atoms with van der Waals surface area (Å²) in [6.45, 7) is 6.39. The summed E-state index contributed by atoms with van der Waals surface area (Å²) in [6, 6.07) is 11.7. The van der Waals surface area contributed by atoms with Gasteiger partial charge in [-0.1, -0.05) is 50.6 Å². The first-order valence-corrected chi connectivity index (χ1v) is 7.89. The molecule has 0 aliphatic carbocycles. The SMILES string of the molecule is CCCCN(/C=C(/C#N)C(=O)NCc1ccccc1)CCC. The van der Waals surface area contributed by atoms with Crippen LogP contribution in [0.5, 0.6) is 0 Å². The summed E-state index contributed by atoms with van der Waals surface area (Å²) in [5.74, 6) is -0.316. The molecule has 0 saturated heterocycles. The van der Waals surface area contributed by atoms with Gasteiger partial charge in [-0.15, -0.1) is 0 Å². The van der Waals surface area contributed by atoms with Crippen LogP contribution in [0.25, 0.3) is 0 Å². The Morgan fingerprint density at radius 3 is 2.55 bits per heavy atom. The van der Waals surface area contributed by atoms with Crippen molar-refractivity contribution in [1.29, 1.82) is 5.26 Å². The van der Waals surface area contributed by atoms with Gasteiger partial charge in [0.15, 0.2) is 0 Å². The maximum absolute atomic E-state index is 12.1. The van der Waals surface area contributed by atoms with E-state index in [1.54, 1.807) is 6.20 Å². The Morgan fingerprint density at radius 1 is 1.23 bits per heavy atom. The van der Waals surface area contributed by atoms with Crippen LogP contribution in [0.2, 0.25) is 0 Å². The third-order valence-corrected chi connectivity index (χ3v) is 3.28. The second kappa shape index (κ2) is 10.4. The molecule has 1 rings (SSSR count). The second-order valence-electron chi connectivity index (χ2n) is 5.21. The molecular formula is C18H25N3O. The number of nitrogens with zero attached hydrogens (tertiary/aromatic N) is 2. The van der Waals surface area contributed by atoms with Crippen LogP contribution < -0.4 is 5.32 Å². The number of nitrogens with one attached hydrogen (secondary N) is 1. The minimum absolute atomic E-state index is 0.167. The highest BCUT2D eigenvalue weighted by atomic mass is 16.1. The lowest BCUT2D eigenvalue weighted by Crippen LogP contribution is -2.27. The van der Waals surface area contributed by atoms with Gasteiger partial charge < -0.3 is 10.2 Å². The van der Waals surface area contributed by atoms with Crippen molar-refractivity contribution >= 4 is 5.91 Å². The Labute approximate surface area is 133 Å². The summed E-state index contributed by atoms with van der Waals surface area (Å²) in [4.78, 5) is 14.2. The molecule has 22 heavy (non-hydrogen) atoms. The quantitative estimate of drug-likeness (QED) is 0.562. The molecule has 4 heteroatoms. The van der Waals surface area contributed by atoms with E-state index in [9.17, 15) is 10.1 Å². The molecule has 0 radical (unpaired) electrons. The van der Waals surface area contributed by atoms with Gasteiger partial charge in [0.25, 0.3) is 5.91 Å². The Kier molecular flexibility index (Phi) is 8.44. The van der Waals surface area contributed by atoms with E-state index >= 15 is 0 Å². The van der Waals surface area contributed by atoms with Crippen LogP contribution >= 0.6 is 0 Å². The second-order valence-corrected chi connectivity index (χ2v) is 5.21. The monoisotopic (exact) mass is 299 g/mol. The minimum Gasteiger partial charge on any atom is -0.376 e. The first kappa shape index (κ1) is 17.8. The molecule has 4 nitrogen and oxygen atoms in total. The van der Waals surface area contributed by atoms with E-state index < -0.39 is 0 Å². The molecule has 0 aliphatic heterocycles. The number of hydrogen-bond donors (Lipinski definition) is 1. The number of benzene rings is 1. The average Bonchev–Trinajstić information content (AvgIpc) is 2.56. The van der Waals surface area contributed by atoms with E-state index in [1.807, 2.05) is 36.4 Å². The van der Waals surface area contributed by atoms with Gasteiger partial charge in [0, 0.05) is 25.8 Å². The molecule has 0 aliphatic rings. The summed E-state index contributed by atoms with van der Waals surface area (Å²) in [7, 11) is 0. The van der Waals surface area contributed by atoms with Crippen LogP contribution in [0, 0.1) is 11.3 Å². The zero-order chi connectivity index (χ0) is 16.2. The predicted octanol–water partition coefficient (Wildman–Crippen LogP) is 3.22. The number of carbonyl (C=O) groups excluding carboxylic acids is 1. The van der Waals surface area contributed by atoms with Crippen molar-refractivity contribution in [2.75, 3.05) is 13.1 Å². The van der Waals surface area contributed by atoms with Crippen molar-refractivity contribution in [1.82, 2.24) is 10.2 Å². The van der Waals surface area contributed by atoms with Crippen LogP contribution in [0.15, 0.2) is 42.1 Å². The van der Waals surface area contributed by atoms with Crippen molar-refractivity contribution in [3.63, 3.8) is 0 Å². The van der Waals surface area contributed by atoms with Gasteiger partial charge in [-0.05, 0) is 18.4 Å². The summed E-state index contributed by atoms with van der Waals surface area (Å²) >= 11 is 0. The Morgan fingerprint density at radius 2 is 1.95 bits per heavy atom. The zero-order valence-electron chi connectivity index (χ0n) is 13.5. The Balaban J connectivity index is 2.65. The topological polar surface area (TPSA) is 56.1 Å². The highest BCUT2D eigenvalue weighted by Gasteiger charge is 2.10. The summed E-state index contributed by atoms with van der Waals surface area (Å²) in [5, 5.41) is 12.0. The van der Waals surface area contributed by atoms with Crippen molar-refractivity contribution in [3.05, 3.63) is 47.7 Å². The molecular weight excluding hydrogens is 274 g/mol. The summed E-state index contributed by atoms with van der Waals surface area (Å²) in [6.07, 6.45) is 4.83. The van der Waals surface area contributed by atoms with Crippen LogP contribution in [-0.4, -0.2) is 23.9 Å². The minimum atomic E-state index is -0.316. The van der Waals surface area contributed by atoms with Crippen LogP contribution in [-0.2, 0) is 11.3 Å². The number of amides is 1. The smallest absolute Gasteiger partial charge is 0.263 e. The van der Waals surface area contributed by atoms with E-state index in [-0.39, 0.29) is 11.5 Å². The third-order valence-electron chi connectivity index (χ3n) is 3.28. The highest BCUT2D eigenvalue weighted by Crippen LogP contribution is 2.04. The molecule has 1 aromatic rings. The number of nitriles is 1. The largest absolute Gasteiger partial charge is 0.376 e. The fourth-order valence-electron chi connectivity index (χ4n) is 2.08. The fraction of sp³-hybridized carbons (Fsp3) is 0.444. The van der Waals surface area contributed by atoms with Crippen LogP contribution in [0.3, 0.4) is 0 Å². The number of hydrogen-bond acceptors (Lipinski definition) is 3. The molecule has 0 fully saturated rings. The van der Waals surface area contributed by atoms with Crippen molar-refractivity contribution in [3.8, 4) is 6.07 Å². The lowest BCUT2D eigenvalue weighted by molar-refractivity contribution is -0.117. The molecule has 0 unspecified atom stereocenters. The molecule has 0 aromatic heterocycles. The average molecular weight is 299 g/mol. The maximum Gasteiger partial charge on any atom is 0.263 e. The molecule has 1 aromatic carbocycles. The first-order valence-electron chi connectivity index (χ1n) is 7.89. The lowest BCUT2D eigenvalue weighted by atomic mass is 10.2. The molecule has 0 atom stereocenters. The summed E-state index contributed by atoms with van der Waals surface area (Å²) in [5.41, 5.74) is 1.19. The number of rotatable bonds is 9. The van der Waals surface area contributed by atoms with Gasteiger partial charge in [0.05, 0.1) is 0 Å². The third kappa shape index (κ3) is 6.45. The molecule has 1 N–H and O–H groups in total. The fourth-order valence-corrected chi connectivity index (χ4v) is 2.08. The lowest BCUT2D eigenvalue weighted by Gasteiger charge is -2.19. The van der Waals surface area contributed by atoms with E-state index in [0.29, 0.717) is 6.54 Å². The van der Waals surface area contributed by atoms with Gasteiger partial charge in [0.1, 0.15) is 11.6 Å². The van der Waals surface area contributed by atoms with Gasteiger partial charge >= 0.3 is 0 Å². The van der Waals surface area contributed by atoms with Crippen molar-refractivity contribution in [2.45, 2.75) is 39.7 Å². The van der Waals surface area contributed by atoms with E-state index in [4.69, 9.17) is 0 Å². The standard InChI is InChI=1S/C18H25N3O/c1-3-5-12-21(11-4-2)15-17(13-19)18(22)20-14-16-9-7-6-8-10-16/h6-10,15H,3-5,11-12,14H2,1-2H3,(H,20,22)/b17-15-. The van der Waals surface area contributed by atoms with E-state index in [2.05, 4.69) is 24.1 Å². The van der Waals surface area contributed by atoms with Gasteiger partial charge in [-0.25, -0.2) is 0 Å². The molecule has 0 spiro atoms. The molecule has 0 bridgehead atoms. The highest BCUT2D eigenvalue weighted by molar-refractivity contribution is 5.97. The Bertz CT molecular complexity index is 517. The van der Waals surface area contributed by atoms with Crippen molar-refractivity contribution in [2.24, 2.45) is 0 Å². The molecule has 118 valence electrons. The molecule has 0 saturated carbocycles. The van der Waals surface area contributed by atoms with Crippen molar-refractivity contribution < 1.29 is 4.79 Å². The van der Waals surface area contributed by atoms with Crippen LogP contribution in [0.1, 0.15) is 38.7 Å². The van der Waals surface area contributed by atoms with Gasteiger partial charge in [0.2, 0.25) is 0 Å². The maximum atomic E-state index is 12.1. The Hall–Kier alpha value is -2.28. The first-order chi connectivity index (χ1) is 10.7. The molecule has 0 heterocycles. The van der Waals surface area contributed by atoms with Gasteiger partial charge in [-0.2, -0.15) is 5.26 Å². The molecule has 1 amide bonds. The zero-order valence-corrected chi connectivity index (χ0v) is 13.5. The number of unbranched alkanes of at least 4 members (excludes halogenated alkanes) is 1. The van der Waals surface area contributed by atoms with Crippen LogP contribution in [0.4, 0.5) is 0 Å². The predicted molar refractivity (Wildman–Crippen MR) is 88.8 cm³/mol. The van der Waals surface area contributed by atoms with Gasteiger partial charge in [-0.3, -0.25) is 4.79 Å². The van der Waals surface area contributed by atoms with E-state index in [1.165, 1.54) is 0 Å². The number of carbonyl (C=O) groups is 1. The summed E-state index contributed by atoms with van der Waals surface area (Å²) < 4.78 is 0. The van der Waals surface area contributed by atoms with E-state index in [0.717, 1.165) is 37.9 Å².